The zero-order valence-corrected chi connectivity index (χ0v) is 21.9. The average molecular weight is 506 g/mol. The molecule has 0 aliphatic carbocycles. The molecule has 1 heterocycles. The van der Waals surface area contributed by atoms with E-state index < -0.39 is 10.0 Å². The molecular formula is C26H36ClN3O3S. The van der Waals surface area contributed by atoms with E-state index in [1.54, 1.807) is 28.6 Å². The summed E-state index contributed by atoms with van der Waals surface area (Å²) in [5.41, 5.74) is 1.65. The Hall–Kier alpha value is -1.77. The van der Waals surface area contributed by atoms with Gasteiger partial charge in [-0.25, -0.2) is 8.42 Å². The minimum atomic E-state index is -3.51. The molecule has 0 radical (unpaired) electrons. The Balaban J connectivity index is 1.61. The first kappa shape index (κ1) is 26.8. The lowest BCUT2D eigenvalue weighted by molar-refractivity contribution is 0.0986. The summed E-state index contributed by atoms with van der Waals surface area (Å²) < 4.78 is 27.4. The molecule has 2 aromatic carbocycles. The Morgan fingerprint density at radius 1 is 1.06 bits per heavy atom. The third kappa shape index (κ3) is 6.67. The maximum atomic E-state index is 12.9. The van der Waals surface area contributed by atoms with Gasteiger partial charge in [0.25, 0.3) is 0 Å². The lowest BCUT2D eigenvalue weighted by atomic mass is 10.0. The van der Waals surface area contributed by atoms with Crippen molar-refractivity contribution in [2.45, 2.75) is 44.6 Å². The van der Waals surface area contributed by atoms with Crippen LogP contribution in [-0.2, 0) is 10.0 Å². The Morgan fingerprint density at radius 3 is 2.21 bits per heavy atom. The molecule has 34 heavy (non-hydrogen) atoms. The van der Waals surface area contributed by atoms with Crippen molar-refractivity contribution in [3.05, 3.63) is 64.7 Å². The molecule has 0 aromatic heterocycles. The molecule has 1 saturated heterocycles. The highest BCUT2D eigenvalue weighted by Gasteiger charge is 2.28. The van der Waals surface area contributed by atoms with Crippen molar-refractivity contribution in [3.8, 4) is 0 Å². The molecule has 1 atom stereocenters. The van der Waals surface area contributed by atoms with Crippen LogP contribution in [0.1, 0.15) is 55.6 Å². The number of hydrogen-bond acceptors (Lipinski definition) is 5. The molecule has 1 unspecified atom stereocenters. The maximum Gasteiger partial charge on any atom is 0.243 e. The van der Waals surface area contributed by atoms with Crippen LogP contribution in [0, 0.1) is 5.92 Å². The van der Waals surface area contributed by atoms with Crippen LogP contribution in [0.2, 0.25) is 5.02 Å². The summed E-state index contributed by atoms with van der Waals surface area (Å²) >= 11 is 6.05. The average Bonchev–Trinajstić information content (AvgIpc) is 2.84. The Bertz CT molecular complexity index is 1030. The summed E-state index contributed by atoms with van der Waals surface area (Å²) in [6.07, 6.45) is 1.76. The quantitative estimate of drug-likeness (QED) is 0.451. The van der Waals surface area contributed by atoms with Gasteiger partial charge < -0.3 is 5.32 Å². The predicted molar refractivity (Wildman–Crippen MR) is 138 cm³/mol. The van der Waals surface area contributed by atoms with Crippen molar-refractivity contribution in [2.24, 2.45) is 5.92 Å². The molecule has 0 bridgehead atoms. The second-order valence-electron chi connectivity index (χ2n) is 8.95. The van der Waals surface area contributed by atoms with E-state index in [0.717, 1.165) is 31.5 Å². The zero-order valence-electron chi connectivity index (χ0n) is 20.3. The van der Waals surface area contributed by atoms with E-state index >= 15 is 0 Å². The monoisotopic (exact) mass is 505 g/mol. The van der Waals surface area contributed by atoms with E-state index in [-0.39, 0.29) is 23.3 Å². The fourth-order valence-corrected chi connectivity index (χ4v) is 6.01. The van der Waals surface area contributed by atoms with Gasteiger partial charge in [-0.3, -0.25) is 9.69 Å². The van der Waals surface area contributed by atoms with Gasteiger partial charge in [0.15, 0.2) is 5.78 Å². The van der Waals surface area contributed by atoms with Crippen LogP contribution in [0.15, 0.2) is 53.4 Å². The molecule has 186 valence electrons. The number of carbonyl (C=O) groups excluding carboxylic acids is 1. The van der Waals surface area contributed by atoms with E-state index in [2.05, 4.69) is 31.0 Å². The molecule has 2 aromatic rings. The smallest absolute Gasteiger partial charge is 0.243 e. The Kier molecular flexibility index (Phi) is 9.68. The molecule has 1 aliphatic rings. The molecule has 6 nitrogen and oxygen atoms in total. The molecule has 1 fully saturated rings. The molecule has 3 rings (SSSR count). The van der Waals surface area contributed by atoms with E-state index in [1.165, 1.54) is 0 Å². The van der Waals surface area contributed by atoms with E-state index in [9.17, 15) is 13.2 Å². The highest BCUT2D eigenvalue weighted by atomic mass is 35.5. The molecule has 0 saturated carbocycles. The van der Waals surface area contributed by atoms with Crippen LogP contribution in [0.3, 0.4) is 0 Å². The molecular weight excluding hydrogens is 470 g/mol. The molecule has 1 aliphatic heterocycles. The second kappa shape index (κ2) is 12.3. The highest BCUT2D eigenvalue weighted by Crippen LogP contribution is 2.24. The Labute approximate surface area is 209 Å². The van der Waals surface area contributed by atoms with Gasteiger partial charge in [0, 0.05) is 36.3 Å². The topological polar surface area (TPSA) is 69.7 Å². The van der Waals surface area contributed by atoms with Crippen LogP contribution in [0.5, 0.6) is 0 Å². The lowest BCUT2D eigenvalue weighted by Gasteiger charge is -2.30. The van der Waals surface area contributed by atoms with Crippen LogP contribution >= 0.6 is 11.6 Å². The SMILES string of the molecule is CCN(CC)C(CNCC(=O)c1ccc(S(=O)(=O)N2CCC(C)CC2)cc1)c1ccc(Cl)cc1. The fraction of sp³-hybridized carbons (Fsp3) is 0.500. The lowest BCUT2D eigenvalue weighted by Crippen LogP contribution is -2.38. The number of piperidine rings is 1. The number of nitrogens with zero attached hydrogens (tertiary/aromatic N) is 2. The molecule has 1 N–H and O–H groups in total. The Morgan fingerprint density at radius 2 is 1.65 bits per heavy atom. The van der Waals surface area contributed by atoms with Gasteiger partial charge >= 0.3 is 0 Å². The summed E-state index contributed by atoms with van der Waals surface area (Å²) in [7, 11) is -3.51. The van der Waals surface area contributed by atoms with Gasteiger partial charge in [0.1, 0.15) is 0 Å². The van der Waals surface area contributed by atoms with Crippen molar-refractivity contribution in [3.63, 3.8) is 0 Å². The predicted octanol–water partition coefficient (Wildman–Crippen LogP) is 4.62. The van der Waals surface area contributed by atoms with Gasteiger partial charge in [0.05, 0.1) is 11.4 Å². The molecule has 0 amide bonds. The van der Waals surface area contributed by atoms with E-state index in [0.29, 0.717) is 36.1 Å². The number of Topliss-reactive ketones (excluding diaryl/α,β-unsaturated/α-hetero) is 1. The minimum absolute atomic E-state index is 0.0647. The number of benzene rings is 2. The number of nitrogens with one attached hydrogen (secondary N) is 1. The first-order valence-corrected chi connectivity index (χ1v) is 13.9. The number of sulfonamides is 1. The van der Waals surface area contributed by atoms with Crippen molar-refractivity contribution in [1.29, 1.82) is 0 Å². The molecule has 8 heteroatoms. The van der Waals surface area contributed by atoms with Crippen LogP contribution in [0.25, 0.3) is 0 Å². The maximum absolute atomic E-state index is 12.9. The van der Waals surface area contributed by atoms with Gasteiger partial charge in [0.2, 0.25) is 10.0 Å². The summed E-state index contributed by atoms with van der Waals surface area (Å²) in [4.78, 5) is 15.3. The van der Waals surface area contributed by atoms with Crippen LogP contribution < -0.4 is 5.32 Å². The van der Waals surface area contributed by atoms with Gasteiger partial charge in [-0.2, -0.15) is 4.31 Å². The number of carbonyl (C=O) groups is 1. The summed E-state index contributed by atoms with van der Waals surface area (Å²) in [6, 6.07) is 14.3. The second-order valence-corrected chi connectivity index (χ2v) is 11.3. The third-order valence-electron chi connectivity index (χ3n) is 6.69. The van der Waals surface area contributed by atoms with Crippen molar-refractivity contribution in [1.82, 2.24) is 14.5 Å². The number of hydrogen-bond donors (Lipinski definition) is 1. The van der Waals surface area contributed by atoms with Crippen molar-refractivity contribution in [2.75, 3.05) is 39.3 Å². The number of halogens is 1. The van der Waals surface area contributed by atoms with E-state index in [4.69, 9.17) is 11.6 Å². The fourth-order valence-electron chi connectivity index (χ4n) is 4.42. The van der Waals surface area contributed by atoms with Gasteiger partial charge in [-0.05, 0) is 61.7 Å². The van der Waals surface area contributed by atoms with Crippen LogP contribution in [-0.4, -0.2) is 62.7 Å². The summed E-state index contributed by atoms with van der Waals surface area (Å²) in [5.74, 6) is 0.491. The van der Waals surface area contributed by atoms with Gasteiger partial charge in [-0.15, -0.1) is 0 Å². The zero-order chi connectivity index (χ0) is 24.7. The number of rotatable bonds is 11. The van der Waals surface area contributed by atoms with Crippen LogP contribution in [0.4, 0.5) is 0 Å². The first-order valence-electron chi connectivity index (χ1n) is 12.1. The first-order chi connectivity index (χ1) is 16.3. The largest absolute Gasteiger partial charge is 0.308 e. The van der Waals surface area contributed by atoms with Gasteiger partial charge in [-0.1, -0.05) is 56.6 Å². The third-order valence-corrected chi connectivity index (χ3v) is 8.85. The summed E-state index contributed by atoms with van der Waals surface area (Å²) in [6.45, 7) is 10.1. The van der Waals surface area contributed by atoms with Crippen molar-refractivity contribution >= 4 is 27.4 Å². The van der Waals surface area contributed by atoms with Crippen molar-refractivity contribution < 1.29 is 13.2 Å². The van der Waals surface area contributed by atoms with E-state index in [1.807, 2.05) is 24.3 Å². The highest BCUT2D eigenvalue weighted by molar-refractivity contribution is 7.89. The number of likely N-dealkylation sites (N-methyl/N-ethyl adjacent to an activating group) is 1. The summed E-state index contributed by atoms with van der Waals surface area (Å²) in [5, 5.41) is 4.00. The minimum Gasteiger partial charge on any atom is -0.308 e. The number of ketones is 1. The standard InChI is InChI=1S/C26H36ClN3O3S/c1-4-29(5-2)25(21-6-10-23(27)11-7-21)18-28-19-26(31)22-8-12-24(13-9-22)34(32,33)30-16-14-20(3)15-17-30/h6-13,20,25,28H,4-5,14-19H2,1-3H3. The molecule has 0 spiro atoms. The normalized spacial score (nSPS) is 16.6.